The maximum Gasteiger partial charge on any atom is 0.265 e. The summed E-state index contributed by atoms with van der Waals surface area (Å²) in [5.41, 5.74) is 6.90. The molecule has 3 aromatic rings. The zero-order chi connectivity index (χ0) is 14.1. The smallest absolute Gasteiger partial charge is 0.265 e. The van der Waals surface area contributed by atoms with Crippen molar-refractivity contribution < 1.29 is 9.18 Å². The predicted molar refractivity (Wildman–Crippen MR) is 80.6 cm³/mol. The summed E-state index contributed by atoms with van der Waals surface area (Å²) in [6, 6.07) is 13.1. The van der Waals surface area contributed by atoms with Gasteiger partial charge < -0.3 is 11.1 Å². The molecule has 5 heteroatoms. The van der Waals surface area contributed by atoms with Crippen molar-refractivity contribution in [1.82, 2.24) is 0 Å². The van der Waals surface area contributed by atoms with Gasteiger partial charge in [0.25, 0.3) is 5.91 Å². The summed E-state index contributed by atoms with van der Waals surface area (Å²) in [5, 5.41) is 3.64. The molecule has 2 aromatic carbocycles. The quantitative estimate of drug-likeness (QED) is 0.702. The summed E-state index contributed by atoms with van der Waals surface area (Å²) in [4.78, 5) is 12.7. The Morgan fingerprint density at radius 2 is 1.85 bits per heavy atom. The first-order valence-corrected chi connectivity index (χ1v) is 6.79. The van der Waals surface area contributed by atoms with E-state index < -0.39 is 0 Å². The van der Waals surface area contributed by atoms with E-state index in [1.807, 2.05) is 0 Å². The number of nitrogen functional groups attached to an aromatic ring is 1. The Labute approximate surface area is 118 Å². The van der Waals surface area contributed by atoms with Gasteiger partial charge in [0.15, 0.2) is 0 Å². The van der Waals surface area contributed by atoms with Crippen LogP contribution < -0.4 is 11.1 Å². The molecule has 0 unspecified atom stereocenters. The summed E-state index contributed by atoms with van der Waals surface area (Å²) in [6.45, 7) is 0. The van der Waals surface area contributed by atoms with Gasteiger partial charge in [-0.1, -0.05) is 6.07 Å². The van der Waals surface area contributed by atoms with Gasteiger partial charge in [0.1, 0.15) is 5.82 Å². The van der Waals surface area contributed by atoms with Crippen molar-refractivity contribution in [2.45, 2.75) is 0 Å². The molecule has 1 aromatic heterocycles. The first-order chi connectivity index (χ1) is 9.61. The highest BCUT2D eigenvalue weighted by atomic mass is 32.1. The van der Waals surface area contributed by atoms with Crippen LogP contribution in [0.3, 0.4) is 0 Å². The van der Waals surface area contributed by atoms with Crippen LogP contribution in [-0.2, 0) is 0 Å². The average Bonchev–Trinajstić information content (AvgIpc) is 2.84. The summed E-state index contributed by atoms with van der Waals surface area (Å²) >= 11 is 1.27. The number of nitrogens with one attached hydrogen (secondary N) is 1. The fourth-order valence-electron chi connectivity index (χ4n) is 1.88. The van der Waals surface area contributed by atoms with Crippen LogP contribution in [0, 0.1) is 5.82 Å². The standard InChI is InChI=1S/C15H11FN2OS/c16-10-2-1-9-7-14(20-13(9)8-10)15(19)18-12-5-3-11(17)4-6-12/h1-8H,17H2,(H,18,19). The second-order valence-electron chi connectivity index (χ2n) is 4.37. The highest BCUT2D eigenvalue weighted by Crippen LogP contribution is 2.27. The third kappa shape index (κ3) is 2.48. The Morgan fingerprint density at radius 1 is 1.10 bits per heavy atom. The van der Waals surface area contributed by atoms with E-state index in [1.165, 1.54) is 23.5 Å². The topological polar surface area (TPSA) is 55.1 Å². The summed E-state index contributed by atoms with van der Waals surface area (Å²) < 4.78 is 13.9. The lowest BCUT2D eigenvalue weighted by Crippen LogP contribution is -2.09. The number of fused-ring (bicyclic) bond motifs is 1. The third-order valence-corrected chi connectivity index (χ3v) is 3.97. The van der Waals surface area contributed by atoms with Gasteiger partial charge in [-0.3, -0.25) is 4.79 Å². The molecule has 0 atom stereocenters. The van der Waals surface area contributed by atoms with Crippen molar-refractivity contribution in [1.29, 1.82) is 0 Å². The van der Waals surface area contributed by atoms with Crippen LogP contribution in [0.25, 0.3) is 10.1 Å². The molecule has 0 saturated carbocycles. The van der Waals surface area contributed by atoms with Crippen molar-refractivity contribution in [2.24, 2.45) is 0 Å². The van der Waals surface area contributed by atoms with Crippen LogP contribution in [0.15, 0.2) is 48.5 Å². The molecule has 0 fully saturated rings. The van der Waals surface area contributed by atoms with E-state index in [0.717, 1.165) is 10.1 Å². The van der Waals surface area contributed by atoms with Crippen LogP contribution >= 0.6 is 11.3 Å². The van der Waals surface area contributed by atoms with Crippen LogP contribution in [-0.4, -0.2) is 5.91 Å². The summed E-state index contributed by atoms with van der Waals surface area (Å²) in [6.07, 6.45) is 0. The normalized spacial score (nSPS) is 10.7. The molecule has 1 heterocycles. The Morgan fingerprint density at radius 3 is 2.60 bits per heavy atom. The van der Waals surface area contributed by atoms with E-state index in [-0.39, 0.29) is 11.7 Å². The number of thiophene rings is 1. The van der Waals surface area contributed by atoms with Crippen molar-refractivity contribution in [2.75, 3.05) is 11.1 Å². The molecule has 3 nitrogen and oxygen atoms in total. The second kappa shape index (κ2) is 4.94. The van der Waals surface area contributed by atoms with Crippen molar-refractivity contribution in [3.63, 3.8) is 0 Å². The largest absolute Gasteiger partial charge is 0.399 e. The molecule has 20 heavy (non-hydrogen) atoms. The van der Waals surface area contributed by atoms with Gasteiger partial charge in [0, 0.05) is 16.1 Å². The zero-order valence-corrected chi connectivity index (χ0v) is 11.2. The number of hydrogen-bond donors (Lipinski definition) is 2. The maximum atomic E-state index is 13.1. The van der Waals surface area contributed by atoms with Gasteiger partial charge in [0.05, 0.1) is 4.88 Å². The predicted octanol–water partition coefficient (Wildman–Crippen LogP) is 3.87. The molecule has 0 aliphatic heterocycles. The molecular weight excluding hydrogens is 275 g/mol. The first kappa shape index (κ1) is 12.6. The van der Waals surface area contributed by atoms with E-state index >= 15 is 0 Å². The molecule has 0 spiro atoms. The van der Waals surface area contributed by atoms with Gasteiger partial charge in [-0.2, -0.15) is 0 Å². The van der Waals surface area contributed by atoms with E-state index in [0.29, 0.717) is 16.3 Å². The lowest BCUT2D eigenvalue weighted by molar-refractivity contribution is 0.103. The molecule has 0 saturated heterocycles. The van der Waals surface area contributed by atoms with E-state index in [4.69, 9.17) is 5.73 Å². The van der Waals surface area contributed by atoms with Crippen LogP contribution in [0.4, 0.5) is 15.8 Å². The third-order valence-electron chi connectivity index (χ3n) is 2.87. The molecule has 3 N–H and O–H groups in total. The fraction of sp³-hybridized carbons (Fsp3) is 0. The first-order valence-electron chi connectivity index (χ1n) is 5.98. The van der Waals surface area contributed by atoms with Gasteiger partial charge in [0.2, 0.25) is 0 Å². The van der Waals surface area contributed by atoms with Gasteiger partial charge >= 0.3 is 0 Å². The van der Waals surface area contributed by atoms with Gasteiger partial charge in [-0.25, -0.2) is 4.39 Å². The molecular formula is C15H11FN2OS. The lowest BCUT2D eigenvalue weighted by Gasteiger charge is -2.03. The second-order valence-corrected chi connectivity index (χ2v) is 5.45. The van der Waals surface area contributed by atoms with E-state index in [9.17, 15) is 9.18 Å². The maximum absolute atomic E-state index is 13.1. The molecule has 0 aliphatic rings. The van der Waals surface area contributed by atoms with E-state index in [1.54, 1.807) is 36.4 Å². The van der Waals surface area contributed by atoms with Crippen molar-refractivity contribution in [3.05, 3.63) is 59.2 Å². The van der Waals surface area contributed by atoms with Crippen LogP contribution in [0.1, 0.15) is 9.67 Å². The minimum Gasteiger partial charge on any atom is -0.399 e. The Hall–Kier alpha value is -2.40. The number of carbonyl (C=O) groups is 1. The zero-order valence-electron chi connectivity index (χ0n) is 10.4. The molecule has 100 valence electrons. The number of anilines is 2. The molecule has 0 aliphatic carbocycles. The average molecular weight is 286 g/mol. The van der Waals surface area contributed by atoms with E-state index in [2.05, 4.69) is 5.32 Å². The molecule has 0 bridgehead atoms. The highest BCUT2D eigenvalue weighted by molar-refractivity contribution is 7.20. The number of rotatable bonds is 2. The van der Waals surface area contributed by atoms with Gasteiger partial charge in [-0.15, -0.1) is 11.3 Å². The Bertz CT molecular complexity index is 780. The number of carbonyl (C=O) groups excluding carboxylic acids is 1. The number of hydrogen-bond acceptors (Lipinski definition) is 3. The lowest BCUT2D eigenvalue weighted by atomic mass is 10.2. The van der Waals surface area contributed by atoms with Crippen LogP contribution in [0.5, 0.6) is 0 Å². The monoisotopic (exact) mass is 286 g/mol. The molecule has 1 amide bonds. The fourth-order valence-corrected chi connectivity index (χ4v) is 2.86. The minimum absolute atomic E-state index is 0.212. The molecule has 0 radical (unpaired) electrons. The van der Waals surface area contributed by atoms with Crippen molar-refractivity contribution >= 4 is 38.7 Å². The van der Waals surface area contributed by atoms with Gasteiger partial charge in [-0.05, 0) is 47.9 Å². The number of nitrogens with two attached hydrogens (primary N) is 1. The van der Waals surface area contributed by atoms with Crippen molar-refractivity contribution in [3.8, 4) is 0 Å². The number of benzene rings is 2. The minimum atomic E-state index is -0.301. The summed E-state index contributed by atoms with van der Waals surface area (Å²) in [5.74, 6) is -0.513. The van der Waals surface area contributed by atoms with Crippen LogP contribution in [0.2, 0.25) is 0 Å². The Kier molecular flexibility index (Phi) is 3.12. The SMILES string of the molecule is Nc1ccc(NC(=O)c2cc3ccc(F)cc3s2)cc1. The number of halogens is 1. The highest BCUT2D eigenvalue weighted by Gasteiger charge is 2.11. The summed E-state index contributed by atoms with van der Waals surface area (Å²) in [7, 11) is 0. The number of amides is 1. The Balaban J connectivity index is 1.86. The molecule has 3 rings (SSSR count).